The number of carbonyl (C=O) groups excluding carboxylic acids is 2. The maximum Gasteiger partial charge on any atom is 0.253 e. The molecule has 0 unspecified atom stereocenters. The van der Waals surface area contributed by atoms with Gasteiger partial charge in [0, 0.05) is 31.6 Å². The Kier molecular flexibility index (Phi) is 4.65. The largest absolute Gasteiger partial charge is 0.338 e. The molecule has 0 bridgehead atoms. The number of hydrogen-bond donors (Lipinski definition) is 1. The summed E-state index contributed by atoms with van der Waals surface area (Å²) in [6.07, 6.45) is 3.30. The van der Waals surface area contributed by atoms with Gasteiger partial charge in [0.1, 0.15) is 5.82 Å². The molecule has 1 N–H and O–H groups in total. The van der Waals surface area contributed by atoms with E-state index in [1.807, 2.05) is 34.7 Å². The molecular weight excluding hydrogens is 362 g/mol. The van der Waals surface area contributed by atoms with Crippen LogP contribution in [0.25, 0.3) is 10.2 Å². The topological polar surface area (TPSA) is 80.1 Å². The summed E-state index contributed by atoms with van der Waals surface area (Å²) < 4.78 is 2.96. The zero-order chi connectivity index (χ0) is 19.0. The summed E-state index contributed by atoms with van der Waals surface area (Å²) in [6, 6.07) is 7.72. The Morgan fingerprint density at radius 3 is 2.74 bits per heavy atom. The molecule has 7 nitrogen and oxygen atoms in total. The maximum absolute atomic E-state index is 12.9. The average Bonchev–Trinajstić information content (AvgIpc) is 3.25. The first-order chi connectivity index (χ1) is 13.0. The quantitative estimate of drug-likeness (QED) is 0.753. The highest BCUT2D eigenvalue weighted by Crippen LogP contribution is 2.27. The van der Waals surface area contributed by atoms with Gasteiger partial charge in [0.25, 0.3) is 5.91 Å². The van der Waals surface area contributed by atoms with Gasteiger partial charge in [-0.2, -0.15) is 5.10 Å². The Morgan fingerprint density at radius 2 is 2.00 bits per heavy atom. The summed E-state index contributed by atoms with van der Waals surface area (Å²) in [7, 11) is 0. The van der Waals surface area contributed by atoms with Crippen LogP contribution < -0.4 is 5.32 Å². The lowest BCUT2D eigenvalue weighted by atomic mass is 10.0. The van der Waals surface area contributed by atoms with E-state index in [0.717, 1.165) is 28.1 Å². The van der Waals surface area contributed by atoms with Gasteiger partial charge in [0.2, 0.25) is 5.91 Å². The second-order valence-corrected chi connectivity index (χ2v) is 8.02. The first kappa shape index (κ1) is 17.7. The zero-order valence-corrected chi connectivity index (χ0v) is 16.1. The highest BCUT2D eigenvalue weighted by molar-refractivity contribution is 7.18. The van der Waals surface area contributed by atoms with Crippen LogP contribution in [0.15, 0.2) is 30.5 Å². The van der Waals surface area contributed by atoms with Crippen molar-refractivity contribution >= 4 is 39.2 Å². The third-order valence-electron chi connectivity index (χ3n) is 4.81. The normalized spacial score (nSPS) is 15.3. The smallest absolute Gasteiger partial charge is 0.253 e. The van der Waals surface area contributed by atoms with E-state index in [0.29, 0.717) is 24.5 Å². The number of hydrogen-bond acceptors (Lipinski definition) is 5. The molecule has 0 aliphatic carbocycles. The number of fused-ring (bicyclic) bond motifs is 1. The second kappa shape index (κ2) is 7.11. The molecule has 1 aliphatic heterocycles. The van der Waals surface area contributed by atoms with Gasteiger partial charge >= 0.3 is 0 Å². The summed E-state index contributed by atoms with van der Waals surface area (Å²) >= 11 is 1.64. The number of nitrogens with zero attached hydrogens (tertiary/aromatic N) is 4. The van der Waals surface area contributed by atoms with Crippen molar-refractivity contribution in [2.24, 2.45) is 0 Å². The van der Waals surface area contributed by atoms with Crippen LogP contribution in [0.4, 0.5) is 5.82 Å². The molecule has 8 heteroatoms. The number of anilines is 1. The minimum Gasteiger partial charge on any atom is -0.338 e. The van der Waals surface area contributed by atoms with Crippen LogP contribution in [0.5, 0.6) is 0 Å². The van der Waals surface area contributed by atoms with E-state index >= 15 is 0 Å². The molecular formula is C19H21N5O2S. The van der Waals surface area contributed by atoms with Crippen LogP contribution in [-0.2, 0) is 4.79 Å². The van der Waals surface area contributed by atoms with E-state index in [2.05, 4.69) is 15.4 Å². The SMILES string of the molecule is CC(=O)Nc1ccnn1C1CCN(C(=O)c2ccc3sc(C)nc3c2)CC1. The van der Waals surface area contributed by atoms with Gasteiger partial charge in [-0.25, -0.2) is 9.67 Å². The van der Waals surface area contributed by atoms with Gasteiger partial charge in [-0.05, 0) is 38.0 Å². The van der Waals surface area contributed by atoms with Gasteiger partial charge < -0.3 is 10.2 Å². The number of amides is 2. The summed E-state index contributed by atoms with van der Waals surface area (Å²) in [4.78, 5) is 30.6. The number of carbonyl (C=O) groups is 2. The van der Waals surface area contributed by atoms with E-state index < -0.39 is 0 Å². The molecule has 0 saturated carbocycles. The average molecular weight is 383 g/mol. The highest BCUT2D eigenvalue weighted by atomic mass is 32.1. The molecule has 140 valence electrons. The van der Waals surface area contributed by atoms with Crippen molar-refractivity contribution in [3.8, 4) is 0 Å². The minimum atomic E-state index is -0.114. The first-order valence-electron chi connectivity index (χ1n) is 8.99. The lowest BCUT2D eigenvalue weighted by Gasteiger charge is -2.32. The van der Waals surface area contributed by atoms with E-state index in [4.69, 9.17) is 0 Å². The molecule has 3 aromatic rings. The minimum absolute atomic E-state index is 0.0450. The van der Waals surface area contributed by atoms with Crippen molar-refractivity contribution < 1.29 is 9.59 Å². The lowest BCUT2D eigenvalue weighted by molar-refractivity contribution is -0.114. The Bertz CT molecular complexity index is 1000. The zero-order valence-electron chi connectivity index (χ0n) is 15.3. The van der Waals surface area contributed by atoms with E-state index in [-0.39, 0.29) is 17.9 Å². The second-order valence-electron chi connectivity index (χ2n) is 6.78. The van der Waals surface area contributed by atoms with Crippen LogP contribution in [0.1, 0.15) is 41.2 Å². The predicted octanol–water partition coefficient (Wildman–Crippen LogP) is 3.24. The molecule has 27 heavy (non-hydrogen) atoms. The van der Waals surface area contributed by atoms with Gasteiger partial charge in [-0.1, -0.05) is 0 Å². The molecule has 1 saturated heterocycles. The maximum atomic E-state index is 12.9. The molecule has 1 aromatic carbocycles. The Hall–Kier alpha value is -2.74. The van der Waals surface area contributed by atoms with Crippen molar-refractivity contribution in [1.29, 1.82) is 0 Å². The van der Waals surface area contributed by atoms with Gasteiger partial charge in [-0.3, -0.25) is 9.59 Å². The summed E-state index contributed by atoms with van der Waals surface area (Å²) in [5, 5.41) is 8.16. The fourth-order valence-electron chi connectivity index (χ4n) is 3.56. The van der Waals surface area contributed by atoms with Crippen LogP contribution >= 0.6 is 11.3 Å². The first-order valence-corrected chi connectivity index (χ1v) is 9.80. The molecule has 4 rings (SSSR count). The third-order valence-corrected chi connectivity index (χ3v) is 5.77. The Morgan fingerprint density at radius 1 is 1.22 bits per heavy atom. The number of thiazole rings is 1. The van der Waals surface area contributed by atoms with Crippen molar-refractivity contribution in [3.05, 3.63) is 41.0 Å². The monoisotopic (exact) mass is 383 g/mol. The third kappa shape index (κ3) is 3.57. The number of piperidine rings is 1. The predicted molar refractivity (Wildman–Crippen MR) is 105 cm³/mol. The van der Waals surface area contributed by atoms with Gasteiger partial charge in [0.15, 0.2) is 0 Å². The van der Waals surface area contributed by atoms with Crippen LogP contribution in [-0.4, -0.2) is 44.6 Å². The molecule has 0 atom stereocenters. The molecule has 0 radical (unpaired) electrons. The van der Waals surface area contributed by atoms with E-state index in [9.17, 15) is 9.59 Å². The fraction of sp³-hybridized carbons (Fsp3) is 0.368. The lowest BCUT2D eigenvalue weighted by Crippen LogP contribution is -2.39. The van der Waals surface area contributed by atoms with Crippen LogP contribution in [0.2, 0.25) is 0 Å². The van der Waals surface area contributed by atoms with Crippen LogP contribution in [0.3, 0.4) is 0 Å². The van der Waals surface area contributed by atoms with E-state index in [1.54, 1.807) is 23.6 Å². The van der Waals surface area contributed by atoms with Crippen LogP contribution in [0, 0.1) is 6.92 Å². The highest BCUT2D eigenvalue weighted by Gasteiger charge is 2.26. The van der Waals surface area contributed by atoms with Crippen molar-refractivity contribution in [3.63, 3.8) is 0 Å². The van der Waals surface area contributed by atoms with Crippen molar-refractivity contribution in [1.82, 2.24) is 19.7 Å². The number of aromatic nitrogens is 3. The molecule has 0 spiro atoms. The number of rotatable bonds is 3. The number of nitrogens with one attached hydrogen (secondary N) is 1. The van der Waals surface area contributed by atoms with Gasteiger partial charge in [-0.15, -0.1) is 11.3 Å². The summed E-state index contributed by atoms with van der Waals surface area (Å²) in [5.41, 5.74) is 1.57. The Balaban J connectivity index is 1.44. The molecule has 2 aromatic heterocycles. The Labute approximate surface area is 161 Å². The fourth-order valence-corrected chi connectivity index (χ4v) is 4.36. The molecule has 1 fully saturated rings. The molecule has 3 heterocycles. The van der Waals surface area contributed by atoms with Gasteiger partial charge in [0.05, 0.1) is 27.5 Å². The number of aryl methyl sites for hydroxylation is 1. The summed E-state index contributed by atoms with van der Waals surface area (Å²) in [6.45, 7) is 4.79. The van der Waals surface area contributed by atoms with Crippen molar-refractivity contribution in [2.75, 3.05) is 18.4 Å². The number of benzene rings is 1. The molecule has 2 amide bonds. The standard InChI is InChI=1S/C19H21N5O2S/c1-12(25)21-18-5-8-20-24(18)15-6-9-23(10-7-15)19(26)14-3-4-17-16(11-14)22-13(2)27-17/h3-5,8,11,15H,6-7,9-10H2,1-2H3,(H,21,25). The number of likely N-dealkylation sites (tertiary alicyclic amines) is 1. The molecule has 1 aliphatic rings. The summed E-state index contributed by atoms with van der Waals surface area (Å²) in [5.74, 6) is 0.636. The van der Waals surface area contributed by atoms with E-state index in [1.165, 1.54) is 6.92 Å². The van der Waals surface area contributed by atoms with Crippen molar-refractivity contribution in [2.45, 2.75) is 32.7 Å².